The van der Waals surface area contributed by atoms with Crippen molar-refractivity contribution < 1.29 is 57.8 Å². The molecule has 1 unspecified atom stereocenters. The first-order valence-electron chi connectivity index (χ1n) is 17.0. The third kappa shape index (κ3) is 3.30. The molecular formula is C35H46O12. The first kappa shape index (κ1) is 31.7. The molecule has 0 aromatic carbocycles. The van der Waals surface area contributed by atoms with Crippen LogP contribution in [0.4, 0.5) is 0 Å². The molecule has 0 aromatic rings. The van der Waals surface area contributed by atoms with Crippen LogP contribution in [-0.2, 0) is 47.6 Å². The summed E-state index contributed by atoms with van der Waals surface area (Å²) in [6.45, 7) is 18.5. The fourth-order valence-electron chi connectivity index (χ4n) is 13.4. The van der Waals surface area contributed by atoms with Crippen LogP contribution in [0.5, 0.6) is 0 Å². The van der Waals surface area contributed by atoms with Crippen LogP contribution in [0.1, 0.15) is 61.8 Å². The number of esters is 2. The Bertz CT molecular complexity index is 1490. The number of aliphatic hydroxyl groups excluding tert-OH is 1. The molecule has 1 spiro atoms. The number of carbonyl (C=O) groups is 4. The van der Waals surface area contributed by atoms with Crippen molar-refractivity contribution in [2.24, 2.45) is 63.6 Å². The van der Waals surface area contributed by atoms with Crippen LogP contribution in [0, 0.1) is 63.6 Å². The van der Waals surface area contributed by atoms with Crippen molar-refractivity contribution in [3.8, 4) is 0 Å². The maximum Gasteiger partial charge on any atom is 0.303 e. The zero-order valence-electron chi connectivity index (χ0n) is 28.1. The van der Waals surface area contributed by atoms with Gasteiger partial charge in [-0.15, -0.1) is 0 Å². The molecule has 0 amide bonds. The summed E-state index contributed by atoms with van der Waals surface area (Å²) in [6, 6.07) is 0. The summed E-state index contributed by atoms with van der Waals surface area (Å²) in [5.41, 5.74) is -4.73. The lowest BCUT2D eigenvalue weighted by atomic mass is 9.39. The number of carbonyl (C=O) groups excluding carboxylic acids is 4. The van der Waals surface area contributed by atoms with Crippen LogP contribution in [0.3, 0.4) is 0 Å². The van der Waals surface area contributed by atoms with Gasteiger partial charge in [0.2, 0.25) is 5.79 Å². The Balaban J connectivity index is 1.36. The van der Waals surface area contributed by atoms with Gasteiger partial charge in [-0.25, -0.2) is 0 Å². The fourth-order valence-corrected chi connectivity index (χ4v) is 13.4. The average Bonchev–Trinajstić information content (AvgIpc) is 3.88. The largest absolute Gasteiger partial charge is 0.462 e. The van der Waals surface area contributed by atoms with E-state index in [1.54, 1.807) is 6.92 Å². The van der Waals surface area contributed by atoms with Crippen molar-refractivity contribution >= 4 is 24.2 Å². The molecule has 258 valence electrons. The Labute approximate surface area is 273 Å². The molecule has 12 heteroatoms. The van der Waals surface area contributed by atoms with Gasteiger partial charge < -0.3 is 38.6 Å². The molecule has 12 nitrogen and oxygen atoms in total. The minimum atomic E-state index is -1.60. The van der Waals surface area contributed by atoms with Crippen molar-refractivity contribution in [2.75, 3.05) is 0 Å². The molecule has 3 heterocycles. The molecule has 2 N–H and O–H groups in total. The summed E-state index contributed by atoms with van der Waals surface area (Å²) in [6.07, 6.45) is -4.55. The van der Waals surface area contributed by atoms with E-state index in [-0.39, 0.29) is 23.6 Å². The number of hydrogen-bond acceptors (Lipinski definition) is 12. The van der Waals surface area contributed by atoms with Crippen LogP contribution in [0.15, 0.2) is 12.3 Å². The molecule has 3 aliphatic heterocycles. The van der Waals surface area contributed by atoms with Crippen molar-refractivity contribution in [1.82, 2.24) is 0 Å². The Kier molecular flexibility index (Phi) is 6.18. The standard InChI is InChI=1S/C35H46O12/c1-12-20-19(24(39)26(42-11-36)17-10-18-27(45-18)30(31(17,20)6)44-16(5)38)22-25(40)23-21(32(22,7)28(12)43-15(4)37)13(2)29-35(47-29)33(23,8)34(9,41)14(3)46-35/h11-13,17-23,25-30,40-41H,3,10H2,1-2,4-9H3/t12-,13-,17+,18-,19+,20-,21-,22+,23-,25+,26?,27-,28-,29+,30-,31-,32+,33-,34+,35+/m0/s1. The van der Waals surface area contributed by atoms with Crippen molar-refractivity contribution in [3.63, 3.8) is 0 Å². The van der Waals surface area contributed by atoms with E-state index < -0.39 is 118 Å². The SMILES string of the molecule is C=C1O[C@@]23O[C@@H]2[C@@H](C)[C@H]2[C@@H]([C@H](O)[C@H]4[C@@H]5C(=O)C(OC=O)[C@H]6C[C@@H]7O[C@@H]7[C@H](OC(C)=O)[C@]6(C)[C@H]5[C@H](C)[C@H](OC(C)=O)[C@@]42C)[C@@]3(C)[C@]1(C)O. The van der Waals surface area contributed by atoms with Gasteiger partial charge in [-0.3, -0.25) is 19.2 Å². The summed E-state index contributed by atoms with van der Waals surface area (Å²) < 4.78 is 36.6. The van der Waals surface area contributed by atoms with Crippen LogP contribution < -0.4 is 0 Å². The predicted molar refractivity (Wildman–Crippen MR) is 158 cm³/mol. The molecule has 3 saturated heterocycles. The quantitative estimate of drug-likeness (QED) is 0.195. The number of Topliss-reactive ketones (excluding diaryl/α,β-unsaturated/α-hetero) is 1. The second-order valence-corrected chi connectivity index (χ2v) is 16.7. The summed E-state index contributed by atoms with van der Waals surface area (Å²) in [5, 5.41) is 25.0. The Morgan fingerprint density at radius 2 is 1.60 bits per heavy atom. The molecule has 8 fully saturated rings. The van der Waals surface area contributed by atoms with Crippen molar-refractivity contribution in [2.45, 2.75) is 116 Å². The highest BCUT2D eigenvalue weighted by Crippen LogP contribution is 2.81. The molecule has 8 aliphatic rings. The Hall–Kier alpha value is -2.54. The molecule has 20 atom stereocenters. The summed E-state index contributed by atoms with van der Waals surface area (Å²) in [7, 11) is 0. The van der Waals surface area contributed by atoms with E-state index in [9.17, 15) is 29.4 Å². The van der Waals surface area contributed by atoms with Gasteiger partial charge in [0, 0.05) is 48.3 Å². The number of epoxide rings is 2. The van der Waals surface area contributed by atoms with E-state index in [4.69, 9.17) is 28.4 Å². The van der Waals surface area contributed by atoms with E-state index in [0.29, 0.717) is 12.9 Å². The Morgan fingerprint density at radius 1 is 0.957 bits per heavy atom. The number of rotatable bonds is 4. The summed E-state index contributed by atoms with van der Waals surface area (Å²) >= 11 is 0. The highest BCUT2D eigenvalue weighted by molar-refractivity contribution is 5.89. The van der Waals surface area contributed by atoms with Gasteiger partial charge >= 0.3 is 11.9 Å². The zero-order valence-corrected chi connectivity index (χ0v) is 28.1. The minimum Gasteiger partial charge on any atom is -0.462 e. The predicted octanol–water partition coefficient (Wildman–Crippen LogP) is 1.93. The van der Waals surface area contributed by atoms with Gasteiger partial charge in [-0.2, -0.15) is 0 Å². The van der Waals surface area contributed by atoms with E-state index >= 15 is 0 Å². The maximum atomic E-state index is 15.0. The lowest BCUT2D eigenvalue weighted by Crippen LogP contribution is -2.72. The van der Waals surface area contributed by atoms with E-state index in [1.165, 1.54) is 13.8 Å². The molecule has 5 aliphatic carbocycles. The number of ether oxygens (including phenoxy) is 6. The van der Waals surface area contributed by atoms with E-state index in [1.807, 2.05) is 34.6 Å². The van der Waals surface area contributed by atoms with Crippen LogP contribution in [0.2, 0.25) is 0 Å². The first-order chi connectivity index (χ1) is 21.9. The van der Waals surface area contributed by atoms with Gasteiger partial charge in [0.1, 0.15) is 35.8 Å². The smallest absolute Gasteiger partial charge is 0.303 e. The molecule has 8 rings (SSSR count). The molecule has 0 aromatic heterocycles. The van der Waals surface area contributed by atoms with Gasteiger partial charge in [0.15, 0.2) is 11.9 Å². The number of ketones is 1. The minimum absolute atomic E-state index is 0.152. The van der Waals surface area contributed by atoms with Gasteiger partial charge in [-0.1, -0.05) is 34.3 Å². The van der Waals surface area contributed by atoms with E-state index in [2.05, 4.69) is 6.58 Å². The van der Waals surface area contributed by atoms with Crippen LogP contribution in [0.25, 0.3) is 0 Å². The topological polar surface area (TPSA) is 171 Å². The fraction of sp³-hybridized carbons (Fsp3) is 0.829. The third-order valence-corrected chi connectivity index (χ3v) is 15.2. The lowest BCUT2D eigenvalue weighted by Gasteiger charge is -2.65. The van der Waals surface area contributed by atoms with E-state index in [0.717, 1.165) is 0 Å². The summed E-state index contributed by atoms with van der Waals surface area (Å²) in [4.78, 5) is 52.5. The highest BCUT2D eigenvalue weighted by atomic mass is 16.8. The lowest BCUT2D eigenvalue weighted by molar-refractivity contribution is -0.248. The van der Waals surface area contributed by atoms with Crippen molar-refractivity contribution in [3.05, 3.63) is 12.3 Å². The first-order valence-corrected chi connectivity index (χ1v) is 17.0. The average molecular weight is 659 g/mol. The van der Waals surface area contributed by atoms with Gasteiger partial charge in [0.25, 0.3) is 6.47 Å². The number of fused-ring (bicyclic) bond motifs is 9. The number of aliphatic hydroxyl groups is 2. The highest BCUT2D eigenvalue weighted by Gasteiger charge is 2.91. The molecule has 0 bridgehead atoms. The Morgan fingerprint density at radius 3 is 2.21 bits per heavy atom. The zero-order chi connectivity index (χ0) is 34.1. The number of hydrogen-bond donors (Lipinski definition) is 2. The molecular weight excluding hydrogens is 612 g/mol. The summed E-state index contributed by atoms with van der Waals surface area (Å²) in [5.74, 6) is -6.87. The van der Waals surface area contributed by atoms with Crippen molar-refractivity contribution in [1.29, 1.82) is 0 Å². The van der Waals surface area contributed by atoms with Gasteiger partial charge in [0.05, 0.1) is 17.6 Å². The molecule has 0 radical (unpaired) electrons. The monoisotopic (exact) mass is 658 g/mol. The van der Waals surface area contributed by atoms with Crippen LogP contribution >= 0.6 is 0 Å². The third-order valence-electron chi connectivity index (χ3n) is 15.2. The second-order valence-electron chi connectivity index (χ2n) is 16.7. The van der Waals surface area contributed by atoms with Crippen LogP contribution in [-0.4, -0.2) is 88.5 Å². The molecule has 5 saturated carbocycles. The molecule has 47 heavy (non-hydrogen) atoms. The second kappa shape index (κ2) is 9.17. The maximum absolute atomic E-state index is 15.0. The van der Waals surface area contributed by atoms with Gasteiger partial charge in [-0.05, 0) is 43.9 Å². The normalized spacial score (nSPS) is 60.6.